The number of fused-ring (bicyclic) bond motifs is 1. The summed E-state index contributed by atoms with van der Waals surface area (Å²) in [6.07, 6.45) is 3.26. The van der Waals surface area contributed by atoms with Gasteiger partial charge in [-0.3, -0.25) is 4.79 Å². The zero-order valence-corrected chi connectivity index (χ0v) is 15.7. The van der Waals surface area contributed by atoms with Crippen molar-refractivity contribution >= 4 is 5.91 Å². The number of carbonyl (C=O) groups excluding carboxylic acids is 1. The summed E-state index contributed by atoms with van der Waals surface area (Å²) in [6.45, 7) is 6.15. The van der Waals surface area contributed by atoms with Crippen molar-refractivity contribution in [1.82, 2.24) is 4.90 Å². The fraction of sp³-hybridized carbons (Fsp3) is 0.318. The van der Waals surface area contributed by atoms with Gasteiger partial charge in [-0.15, -0.1) is 6.58 Å². The predicted molar refractivity (Wildman–Crippen MR) is 103 cm³/mol. The monoisotopic (exact) mass is 369 g/mol. The largest absolute Gasteiger partial charge is 0.493 e. The third kappa shape index (κ3) is 4.13. The second-order valence-electron chi connectivity index (χ2n) is 6.62. The van der Waals surface area contributed by atoms with Crippen molar-refractivity contribution < 1.29 is 18.7 Å². The number of amides is 1. The van der Waals surface area contributed by atoms with Gasteiger partial charge in [0, 0.05) is 6.54 Å². The number of halogens is 1. The smallest absolute Gasteiger partial charge is 0.261 e. The summed E-state index contributed by atoms with van der Waals surface area (Å²) < 4.78 is 24.7. The number of hydrogen-bond donors (Lipinski definition) is 0. The van der Waals surface area contributed by atoms with Gasteiger partial charge in [-0.05, 0) is 60.7 Å². The van der Waals surface area contributed by atoms with Crippen LogP contribution >= 0.6 is 0 Å². The molecule has 0 saturated carbocycles. The van der Waals surface area contributed by atoms with Gasteiger partial charge in [0.2, 0.25) is 0 Å². The van der Waals surface area contributed by atoms with Gasteiger partial charge >= 0.3 is 0 Å². The molecule has 2 aromatic rings. The summed E-state index contributed by atoms with van der Waals surface area (Å²) >= 11 is 0. The van der Waals surface area contributed by atoms with E-state index < -0.39 is 0 Å². The Bertz CT molecular complexity index is 849. The van der Waals surface area contributed by atoms with E-state index in [1.165, 1.54) is 12.1 Å². The highest BCUT2D eigenvalue weighted by molar-refractivity contribution is 5.78. The Hall–Kier alpha value is -2.82. The van der Waals surface area contributed by atoms with Crippen molar-refractivity contribution in [3.05, 3.63) is 71.6 Å². The van der Waals surface area contributed by atoms with Gasteiger partial charge in [-0.1, -0.05) is 18.2 Å². The molecule has 0 spiro atoms. The van der Waals surface area contributed by atoms with Gasteiger partial charge in [-0.2, -0.15) is 0 Å². The minimum Gasteiger partial charge on any atom is -0.493 e. The van der Waals surface area contributed by atoms with Crippen LogP contribution in [0.25, 0.3) is 0 Å². The second-order valence-corrected chi connectivity index (χ2v) is 6.62. The molecular weight excluding hydrogens is 345 g/mol. The van der Waals surface area contributed by atoms with E-state index in [0.29, 0.717) is 24.5 Å². The molecule has 1 aliphatic rings. The lowest BCUT2D eigenvalue weighted by Crippen LogP contribution is -2.41. The molecule has 27 heavy (non-hydrogen) atoms. The molecule has 1 aliphatic heterocycles. The third-order valence-electron chi connectivity index (χ3n) is 4.93. The highest BCUT2D eigenvalue weighted by Crippen LogP contribution is 2.31. The van der Waals surface area contributed by atoms with E-state index >= 15 is 0 Å². The van der Waals surface area contributed by atoms with Gasteiger partial charge in [-0.25, -0.2) is 4.39 Å². The number of nitrogens with zero attached hydrogens (tertiary/aromatic N) is 1. The molecule has 0 aromatic heterocycles. The first-order valence-electron chi connectivity index (χ1n) is 9.02. The number of carbonyl (C=O) groups is 1. The Kier molecular flexibility index (Phi) is 5.79. The van der Waals surface area contributed by atoms with Crippen molar-refractivity contribution in [1.29, 1.82) is 0 Å². The SMILES string of the molecule is C=CCc1ccc(OCC(=O)N2CCc3ccc(F)cc3C2C)c(OC)c1. The van der Waals surface area contributed by atoms with Crippen molar-refractivity contribution in [3.63, 3.8) is 0 Å². The molecule has 4 nitrogen and oxygen atoms in total. The highest BCUT2D eigenvalue weighted by atomic mass is 19.1. The minimum absolute atomic E-state index is 0.0911. The van der Waals surface area contributed by atoms with Crippen molar-refractivity contribution in [2.24, 2.45) is 0 Å². The predicted octanol–water partition coefficient (Wildman–Crippen LogP) is 4.09. The lowest BCUT2D eigenvalue weighted by molar-refractivity contribution is -0.136. The summed E-state index contributed by atoms with van der Waals surface area (Å²) in [5.41, 5.74) is 3.01. The van der Waals surface area contributed by atoms with Crippen LogP contribution in [-0.2, 0) is 17.6 Å². The Morgan fingerprint density at radius 3 is 2.85 bits per heavy atom. The van der Waals surface area contributed by atoms with Crippen LogP contribution in [0.1, 0.15) is 29.7 Å². The molecule has 2 aromatic carbocycles. The number of rotatable bonds is 6. The minimum atomic E-state index is -0.282. The van der Waals surface area contributed by atoms with Crippen molar-refractivity contribution in [2.75, 3.05) is 20.3 Å². The van der Waals surface area contributed by atoms with Gasteiger partial charge < -0.3 is 14.4 Å². The molecule has 1 atom stereocenters. The fourth-order valence-electron chi connectivity index (χ4n) is 3.47. The van der Waals surface area contributed by atoms with Gasteiger partial charge in [0.1, 0.15) is 5.82 Å². The van der Waals surface area contributed by atoms with E-state index in [4.69, 9.17) is 9.47 Å². The number of ether oxygens (including phenoxy) is 2. The average Bonchev–Trinajstić information content (AvgIpc) is 2.67. The molecule has 1 heterocycles. The van der Waals surface area contributed by atoms with Gasteiger partial charge in [0.15, 0.2) is 18.1 Å². The molecular formula is C22H24FNO3. The van der Waals surface area contributed by atoms with Crippen LogP contribution in [-0.4, -0.2) is 31.1 Å². The molecule has 1 amide bonds. The quantitative estimate of drug-likeness (QED) is 0.720. The molecule has 0 bridgehead atoms. The zero-order valence-electron chi connectivity index (χ0n) is 15.7. The van der Waals surface area contributed by atoms with Crippen LogP contribution in [0.3, 0.4) is 0 Å². The molecule has 0 fully saturated rings. The number of hydrogen-bond acceptors (Lipinski definition) is 3. The lowest BCUT2D eigenvalue weighted by Gasteiger charge is -2.35. The Labute approximate surface area is 159 Å². The van der Waals surface area contributed by atoms with E-state index in [1.54, 1.807) is 24.1 Å². The first-order chi connectivity index (χ1) is 13.0. The Morgan fingerprint density at radius 2 is 2.11 bits per heavy atom. The van der Waals surface area contributed by atoms with Crippen LogP contribution in [0.15, 0.2) is 49.1 Å². The first kappa shape index (κ1) is 19.0. The summed E-state index contributed by atoms with van der Waals surface area (Å²) in [7, 11) is 1.57. The van der Waals surface area contributed by atoms with Crippen LogP contribution < -0.4 is 9.47 Å². The molecule has 0 N–H and O–H groups in total. The van der Waals surface area contributed by atoms with Crippen LogP contribution in [0.2, 0.25) is 0 Å². The summed E-state index contributed by atoms with van der Waals surface area (Å²) in [5, 5.41) is 0. The molecule has 0 saturated heterocycles. The maximum absolute atomic E-state index is 13.6. The van der Waals surface area contributed by atoms with E-state index in [1.807, 2.05) is 25.1 Å². The van der Waals surface area contributed by atoms with E-state index in [0.717, 1.165) is 23.1 Å². The maximum atomic E-state index is 13.6. The number of allylic oxidation sites excluding steroid dienone is 1. The highest BCUT2D eigenvalue weighted by Gasteiger charge is 2.28. The second kappa shape index (κ2) is 8.25. The van der Waals surface area contributed by atoms with Crippen molar-refractivity contribution in [3.8, 4) is 11.5 Å². The summed E-state index contributed by atoms with van der Waals surface area (Å²) in [6, 6.07) is 10.2. The average molecular weight is 369 g/mol. The van der Waals surface area contributed by atoms with E-state index in [-0.39, 0.29) is 24.4 Å². The Balaban J connectivity index is 1.68. The maximum Gasteiger partial charge on any atom is 0.261 e. The topological polar surface area (TPSA) is 38.8 Å². The summed E-state index contributed by atoms with van der Waals surface area (Å²) in [5.74, 6) is 0.696. The van der Waals surface area contributed by atoms with Crippen molar-refractivity contribution in [2.45, 2.75) is 25.8 Å². The van der Waals surface area contributed by atoms with Crippen LogP contribution in [0.5, 0.6) is 11.5 Å². The third-order valence-corrected chi connectivity index (χ3v) is 4.93. The summed E-state index contributed by atoms with van der Waals surface area (Å²) in [4.78, 5) is 14.4. The normalized spacial score (nSPS) is 15.8. The number of methoxy groups -OCH3 is 1. The van der Waals surface area contributed by atoms with Gasteiger partial charge in [0.05, 0.1) is 13.2 Å². The van der Waals surface area contributed by atoms with Crippen LogP contribution in [0, 0.1) is 5.82 Å². The molecule has 0 radical (unpaired) electrons. The standard InChI is InChI=1S/C22H24FNO3/c1-4-5-16-6-9-20(21(12-16)26-3)27-14-22(25)24-11-10-17-7-8-18(23)13-19(17)15(24)2/h4,6-9,12-13,15H,1,5,10-11,14H2,2-3H3. The zero-order chi connectivity index (χ0) is 19.4. The Morgan fingerprint density at radius 1 is 1.30 bits per heavy atom. The molecule has 0 aliphatic carbocycles. The molecule has 142 valence electrons. The number of benzene rings is 2. The van der Waals surface area contributed by atoms with Crippen LogP contribution in [0.4, 0.5) is 4.39 Å². The molecule has 3 rings (SSSR count). The van der Waals surface area contributed by atoms with E-state index in [2.05, 4.69) is 6.58 Å². The first-order valence-corrected chi connectivity index (χ1v) is 9.02. The lowest BCUT2D eigenvalue weighted by atomic mass is 9.93. The van der Waals surface area contributed by atoms with Gasteiger partial charge in [0.25, 0.3) is 5.91 Å². The van der Waals surface area contributed by atoms with E-state index in [9.17, 15) is 9.18 Å². The molecule has 5 heteroatoms. The fourth-order valence-corrected chi connectivity index (χ4v) is 3.47. The molecule has 1 unspecified atom stereocenters.